The molecule has 0 radical (unpaired) electrons. The zero-order chi connectivity index (χ0) is 18.5. The molecule has 0 aromatic carbocycles. The molecule has 0 unspecified atom stereocenters. The van der Waals surface area contributed by atoms with E-state index in [1.54, 1.807) is 0 Å². The van der Waals surface area contributed by atoms with Gasteiger partial charge in [0.2, 0.25) is 0 Å². The average Bonchev–Trinajstić information content (AvgIpc) is 2.93. The van der Waals surface area contributed by atoms with Crippen molar-refractivity contribution in [2.45, 2.75) is 96.5 Å². The van der Waals surface area contributed by atoms with Gasteiger partial charge in [0.15, 0.2) is 0 Å². The molecule has 0 aliphatic heterocycles. The monoisotopic (exact) mass is 352 g/mol. The van der Waals surface area contributed by atoms with Gasteiger partial charge < -0.3 is 10.2 Å². The van der Waals surface area contributed by atoms with E-state index in [9.17, 15) is 14.7 Å². The maximum Gasteiger partial charge on any atom is 0.303 e. The number of unbranched alkanes of at least 4 members (excludes halogenated alkanes) is 6. The number of carbonyl (C=O) groups excluding carboxylic acids is 1. The summed E-state index contributed by atoms with van der Waals surface area (Å²) in [6, 6.07) is 0. The first-order chi connectivity index (χ1) is 12.0. The third-order valence-electron chi connectivity index (χ3n) is 5.24. The van der Waals surface area contributed by atoms with E-state index in [2.05, 4.69) is 13.0 Å². The van der Waals surface area contributed by atoms with Crippen molar-refractivity contribution in [3.05, 3.63) is 12.2 Å². The number of allylic oxidation sites excluding steroid dienone is 1. The number of aliphatic hydroxyl groups excluding tert-OH is 1. The molecule has 25 heavy (non-hydrogen) atoms. The Balaban J connectivity index is 2.26. The summed E-state index contributed by atoms with van der Waals surface area (Å²) in [5.41, 5.74) is 0. The van der Waals surface area contributed by atoms with Crippen molar-refractivity contribution in [2.24, 2.45) is 11.8 Å². The highest BCUT2D eigenvalue weighted by molar-refractivity contribution is 5.83. The topological polar surface area (TPSA) is 74.6 Å². The molecular formula is C21H36O4. The van der Waals surface area contributed by atoms with Crippen LogP contribution in [-0.2, 0) is 9.59 Å². The van der Waals surface area contributed by atoms with Crippen LogP contribution in [0.5, 0.6) is 0 Å². The number of carbonyl (C=O) groups is 2. The zero-order valence-electron chi connectivity index (χ0n) is 15.8. The van der Waals surface area contributed by atoms with E-state index in [1.165, 1.54) is 19.3 Å². The molecule has 0 saturated heterocycles. The summed E-state index contributed by atoms with van der Waals surface area (Å²) in [7, 11) is 0. The van der Waals surface area contributed by atoms with Crippen LogP contribution in [0.15, 0.2) is 12.2 Å². The highest BCUT2D eigenvalue weighted by Gasteiger charge is 2.32. The van der Waals surface area contributed by atoms with Gasteiger partial charge in [-0.2, -0.15) is 0 Å². The number of rotatable bonds is 14. The molecular weight excluding hydrogens is 316 g/mol. The first kappa shape index (κ1) is 21.9. The van der Waals surface area contributed by atoms with E-state index >= 15 is 0 Å². The van der Waals surface area contributed by atoms with Crippen LogP contribution in [0.25, 0.3) is 0 Å². The van der Waals surface area contributed by atoms with Crippen molar-refractivity contribution in [3.8, 4) is 0 Å². The van der Waals surface area contributed by atoms with Gasteiger partial charge in [-0.1, -0.05) is 64.0 Å². The molecule has 2 N–H and O–H groups in total. The maximum atomic E-state index is 12.1. The predicted molar refractivity (Wildman–Crippen MR) is 100 cm³/mol. The molecule has 0 bridgehead atoms. The smallest absolute Gasteiger partial charge is 0.303 e. The Bertz CT molecular complexity index is 416. The van der Waals surface area contributed by atoms with Gasteiger partial charge in [-0.25, -0.2) is 0 Å². The number of Topliss-reactive ketones (excluding diaryl/α,β-unsaturated/α-hetero) is 1. The maximum absolute atomic E-state index is 12.1. The van der Waals surface area contributed by atoms with Gasteiger partial charge in [0, 0.05) is 18.8 Å². The molecule has 1 fully saturated rings. The van der Waals surface area contributed by atoms with Gasteiger partial charge in [-0.15, -0.1) is 0 Å². The molecule has 4 nitrogen and oxygen atoms in total. The van der Waals surface area contributed by atoms with Gasteiger partial charge >= 0.3 is 5.97 Å². The SMILES string of the molecule is CCCCCC[C@H](O)/C=C/[C@H]1CCC(=O)[C@@H]1CCCCCCC(=O)O. The molecule has 0 aromatic rings. The van der Waals surface area contributed by atoms with Crippen molar-refractivity contribution in [1.29, 1.82) is 0 Å². The minimum absolute atomic E-state index is 0.100. The Morgan fingerprint density at radius 2 is 1.88 bits per heavy atom. The van der Waals surface area contributed by atoms with Crippen LogP contribution in [0.3, 0.4) is 0 Å². The summed E-state index contributed by atoms with van der Waals surface area (Å²) in [5, 5.41) is 18.7. The molecule has 0 amide bonds. The molecule has 144 valence electrons. The minimum atomic E-state index is -0.732. The molecule has 4 heteroatoms. The van der Waals surface area contributed by atoms with E-state index in [-0.39, 0.29) is 24.4 Å². The largest absolute Gasteiger partial charge is 0.481 e. The summed E-state index contributed by atoms with van der Waals surface area (Å²) in [5.74, 6) is 0.00173. The second-order valence-corrected chi connectivity index (χ2v) is 7.42. The second-order valence-electron chi connectivity index (χ2n) is 7.42. The van der Waals surface area contributed by atoms with Crippen LogP contribution < -0.4 is 0 Å². The lowest BCUT2D eigenvalue weighted by atomic mass is 9.89. The van der Waals surface area contributed by atoms with E-state index in [4.69, 9.17) is 5.11 Å². The number of aliphatic carboxylic acids is 1. The number of hydrogen-bond acceptors (Lipinski definition) is 3. The summed E-state index contributed by atoms with van der Waals surface area (Å²) in [6.45, 7) is 2.18. The molecule has 0 aromatic heterocycles. The standard InChI is InChI=1S/C21H36O4/c1-2-3-4-7-10-18(22)15-13-17-14-16-20(23)19(17)11-8-5-6-9-12-21(24)25/h13,15,17-19,22H,2-12,14,16H2,1H3,(H,24,25)/b15-13+/t17-,18-,19+/m0/s1. The van der Waals surface area contributed by atoms with E-state index < -0.39 is 5.97 Å². The number of ketones is 1. The lowest BCUT2D eigenvalue weighted by molar-refractivity contribution is -0.137. The number of carboxylic acid groups (broad SMARTS) is 1. The molecule has 1 aliphatic rings. The zero-order valence-corrected chi connectivity index (χ0v) is 15.8. The van der Waals surface area contributed by atoms with E-state index in [0.29, 0.717) is 12.2 Å². The average molecular weight is 353 g/mol. The second kappa shape index (κ2) is 13.1. The van der Waals surface area contributed by atoms with Gasteiger partial charge in [0.05, 0.1) is 6.10 Å². The minimum Gasteiger partial charge on any atom is -0.481 e. The Labute approximate surface area is 152 Å². The molecule has 1 saturated carbocycles. The fourth-order valence-electron chi connectivity index (χ4n) is 3.68. The van der Waals surface area contributed by atoms with Crippen LogP contribution in [0.2, 0.25) is 0 Å². The van der Waals surface area contributed by atoms with Crippen molar-refractivity contribution in [2.75, 3.05) is 0 Å². The van der Waals surface area contributed by atoms with Crippen LogP contribution in [0.1, 0.15) is 90.4 Å². The Morgan fingerprint density at radius 1 is 1.16 bits per heavy atom. The number of hydrogen-bond donors (Lipinski definition) is 2. The normalized spacial score (nSPS) is 21.9. The van der Waals surface area contributed by atoms with Gasteiger partial charge in [0.25, 0.3) is 0 Å². The van der Waals surface area contributed by atoms with Gasteiger partial charge in [-0.3, -0.25) is 9.59 Å². The van der Waals surface area contributed by atoms with Crippen molar-refractivity contribution in [1.82, 2.24) is 0 Å². The van der Waals surface area contributed by atoms with Gasteiger partial charge in [-0.05, 0) is 31.6 Å². The fraction of sp³-hybridized carbons (Fsp3) is 0.810. The lowest BCUT2D eigenvalue weighted by Gasteiger charge is -2.15. The first-order valence-corrected chi connectivity index (χ1v) is 10.2. The Morgan fingerprint density at radius 3 is 2.60 bits per heavy atom. The van der Waals surface area contributed by atoms with Crippen molar-refractivity contribution in [3.63, 3.8) is 0 Å². The third kappa shape index (κ3) is 9.78. The van der Waals surface area contributed by atoms with Crippen LogP contribution in [0.4, 0.5) is 0 Å². The first-order valence-electron chi connectivity index (χ1n) is 10.2. The van der Waals surface area contributed by atoms with Crippen LogP contribution in [0, 0.1) is 11.8 Å². The number of aliphatic hydroxyl groups is 1. The van der Waals surface area contributed by atoms with E-state index in [1.807, 2.05) is 6.08 Å². The highest BCUT2D eigenvalue weighted by Crippen LogP contribution is 2.34. The van der Waals surface area contributed by atoms with Crippen molar-refractivity contribution >= 4 is 11.8 Å². The van der Waals surface area contributed by atoms with Gasteiger partial charge in [0.1, 0.15) is 5.78 Å². The summed E-state index contributed by atoms with van der Waals surface area (Å²) < 4.78 is 0. The molecule has 0 spiro atoms. The van der Waals surface area contributed by atoms with E-state index in [0.717, 1.165) is 51.4 Å². The van der Waals surface area contributed by atoms with Crippen LogP contribution in [-0.4, -0.2) is 28.1 Å². The highest BCUT2D eigenvalue weighted by atomic mass is 16.4. The summed E-state index contributed by atoms with van der Waals surface area (Å²) in [4.78, 5) is 22.6. The predicted octanol–water partition coefficient (Wildman–Crippen LogP) is 4.89. The number of carboxylic acids is 1. The fourth-order valence-corrected chi connectivity index (χ4v) is 3.68. The van der Waals surface area contributed by atoms with Crippen molar-refractivity contribution < 1.29 is 19.8 Å². The van der Waals surface area contributed by atoms with Crippen LogP contribution >= 0.6 is 0 Å². The molecule has 1 rings (SSSR count). The quantitative estimate of drug-likeness (QED) is 0.344. The Hall–Kier alpha value is -1.16. The summed E-state index contributed by atoms with van der Waals surface area (Å²) >= 11 is 0. The summed E-state index contributed by atoms with van der Waals surface area (Å²) in [6.07, 6.45) is 15.4. The molecule has 3 atom stereocenters. The third-order valence-corrected chi connectivity index (χ3v) is 5.24. The Kier molecular flexibility index (Phi) is 11.5. The molecule has 1 aliphatic carbocycles. The molecule has 0 heterocycles. The lowest BCUT2D eigenvalue weighted by Crippen LogP contribution is -2.14.